The SMILES string of the molecule is CCCCCNC(=O)C1CCN(Cc2cc(=O)oc3cc4c(cc23)CCC4)CC1. The maximum Gasteiger partial charge on any atom is 0.336 e. The number of hydrogen-bond donors (Lipinski definition) is 1. The van der Waals surface area contributed by atoms with E-state index in [4.69, 9.17) is 4.42 Å². The van der Waals surface area contributed by atoms with Gasteiger partial charge in [-0.1, -0.05) is 19.8 Å². The molecule has 1 amide bonds. The summed E-state index contributed by atoms with van der Waals surface area (Å²) < 4.78 is 5.49. The van der Waals surface area contributed by atoms with Crippen molar-refractivity contribution < 1.29 is 9.21 Å². The zero-order valence-corrected chi connectivity index (χ0v) is 17.5. The van der Waals surface area contributed by atoms with Crippen LogP contribution < -0.4 is 10.9 Å². The number of nitrogens with one attached hydrogen (secondary N) is 1. The number of rotatable bonds is 7. The summed E-state index contributed by atoms with van der Waals surface area (Å²) in [6, 6.07) is 5.94. The molecule has 5 nitrogen and oxygen atoms in total. The van der Waals surface area contributed by atoms with Crippen molar-refractivity contribution in [2.24, 2.45) is 5.92 Å². The first kappa shape index (κ1) is 20.1. The van der Waals surface area contributed by atoms with Gasteiger partial charge in [-0.3, -0.25) is 9.69 Å². The highest BCUT2D eigenvalue weighted by atomic mass is 16.4. The van der Waals surface area contributed by atoms with E-state index >= 15 is 0 Å². The van der Waals surface area contributed by atoms with Crippen LogP contribution in [0.5, 0.6) is 0 Å². The molecular weight excluding hydrogens is 364 g/mol. The van der Waals surface area contributed by atoms with Crippen LogP contribution in [-0.2, 0) is 24.2 Å². The normalized spacial score (nSPS) is 17.6. The van der Waals surface area contributed by atoms with Crippen LogP contribution >= 0.6 is 0 Å². The third-order valence-electron chi connectivity index (χ3n) is 6.47. The fourth-order valence-electron chi connectivity index (χ4n) is 4.75. The zero-order chi connectivity index (χ0) is 20.2. The Morgan fingerprint density at radius 2 is 1.90 bits per heavy atom. The number of hydrogen-bond acceptors (Lipinski definition) is 4. The van der Waals surface area contributed by atoms with Gasteiger partial charge in [0.15, 0.2) is 0 Å². The Morgan fingerprint density at radius 3 is 2.66 bits per heavy atom. The highest BCUT2D eigenvalue weighted by Crippen LogP contribution is 2.29. The van der Waals surface area contributed by atoms with Gasteiger partial charge in [-0.05, 0) is 80.4 Å². The summed E-state index contributed by atoms with van der Waals surface area (Å²) in [6.45, 7) is 5.48. The number of carbonyl (C=O) groups is 1. The van der Waals surface area contributed by atoms with E-state index in [1.807, 2.05) is 0 Å². The fourth-order valence-corrected chi connectivity index (χ4v) is 4.75. The third-order valence-corrected chi connectivity index (χ3v) is 6.47. The lowest BCUT2D eigenvalue weighted by atomic mass is 9.95. The predicted octanol–water partition coefficient (Wildman–Crippen LogP) is 3.80. The van der Waals surface area contributed by atoms with E-state index in [0.29, 0.717) is 0 Å². The second-order valence-electron chi connectivity index (χ2n) is 8.61. The van der Waals surface area contributed by atoms with Crippen molar-refractivity contribution in [3.05, 3.63) is 45.3 Å². The first-order chi connectivity index (χ1) is 14.1. The molecule has 5 heteroatoms. The van der Waals surface area contributed by atoms with Gasteiger partial charge in [0.2, 0.25) is 5.91 Å². The van der Waals surface area contributed by atoms with Crippen LogP contribution in [0, 0.1) is 5.92 Å². The van der Waals surface area contributed by atoms with Crippen LogP contribution in [0.2, 0.25) is 0 Å². The van der Waals surface area contributed by atoms with Crippen molar-refractivity contribution >= 4 is 16.9 Å². The molecule has 0 spiro atoms. The molecule has 29 heavy (non-hydrogen) atoms. The Labute approximate surface area is 172 Å². The van der Waals surface area contributed by atoms with E-state index in [0.717, 1.165) is 74.8 Å². The molecule has 2 aromatic rings. The van der Waals surface area contributed by atoms with Crippen molar-refractivity contribution in [3.63, 3.8) is 0 Å². The first-order valence-corrected chi connectivity index (χ1v) is 11.2. The third kappa shape index (κ3) is 4.72. The van der Waals surface area contributed by atoms with Gasteiger partial charge in [0.25, 0.3) is 0 Å². The Kier molecular flexibility index (Phi) is 6.34. The Bertz CT molecular complexity index is 926. The summed E-state index contributed by atoms with van der Waals surface area (Å²) in [5.41, 5.74) is 4.21. The van der Waals surface area contributed by atoms with Gasteiger partial charge in [-0.2, -0.15) is 0 Å². The summed E-state index contributed by atoms with van der Waals surface area (Å²) in [4.78, 5) is 26.8. The number of amides is 1. The van der Waals surface area contributed by atoms with E-state index < -0.39 is 0 Å². The largest absolute Gasteiger partial charge is 0.423 e. The quantitative estimate of drug-likeness (QED) is 0.571. The second kappa shape index (κ2) is 9.12. The molecule has 1 N–H and O–H groups in total. The second-order valence-corrected chi connectivity index (χ2v) is 8.61. The van der Waals surface area contributed by atoms with E-state index in [9.17, 15) is 9.59 Å². The molecule has 156 valence electrons. The molecule has 0 radical (unpaired) electrons. The number of piperidine rings is 1. The number of carbonyl (C=O) groups excluding carboxylic acids is 1. The van der Waals surface area contributed by atoms with Crippen LogP contribution in [0.3, 0.4) is 0 Å². The number of likely N-dealkylation sites (tertiary alicyclic amines) is 1. The zero-order valence-electron chi connectivity index (χ0n) is 17.5. The summed E-state index contributed by atoms with van der Waals surface area (Å²) in [5, 5.41) is 4.17. The maximum absolute atomic E-state index is 12.4. The monoisotopic (exact) mass is 396 g/mol. The fraction of sp³-hybridized carbons (Fsp3) is 0.583. The highest BCUT2D eigenvalue weighted by molar-refractivity contribution is 5.82. The molecule has 1 aliphatic carbocycles. The van der Waals surface area contributed by atoms with Crippen LogP contribution in [0.4, 0.5) is 0 Å². The van der Waals surface area contributed by atoms with Gasteiger partial charge in [0, 0.05) is 30.5 Å². The number of unbranched alkanes of at least 4 members (excludes halogenated alkanes) is 2. The minimum Gasteiger partial charge on any atom is -0.423 e. The van der Waals surface area contributed by atoms with Crippen LogP contribution in [0.15, 0.2) is 27.4 Å². The van der Waals surface area contributed by atoms with E-state index in [1.54, 1.807) is 6.07 Å². The van der Waals surface area contributed by atoms with Gasteiger partial charge < -0.3 is 9.73 Å². The standard InChI is InChI=1S/C24H32N2O3/c1-2-3-4-10-25-24(28)17-8-11-26(12-9-17)16-20-15-23(27)29-22-14-19-7-5-6-18(19)13-21(20)22/h13-15,17H,2-12,16H2,1H3,(H,25,28). The molecule has 2 heterocycles. The molecule has 0 unspecified atom stereocenters. The van der Waals surface area contributed by atoms with Crippen molar-refractivity contribution in [2.45, 2.75) is 64.8 Å². The molecule has 0 saturated carbocycles. The number of fused-ring (bicyclic) bond motifs is 2. The van der Waals surface area contributed by atoms with Crippen molar-refractivity contribution in [3.8, 4) is 0 Å². The lowest BCUT2D eigenvalue weighted by Gasteiger charge is -2.31. The molecule has 1 aliphatic heterocycles. The Hall–Kier alpha value is -2.14. The van der Waals surface area contributed by atoms with Gasteiger partial charge in [0.1, 0.15) is 5.58 Å². The molecule has 1 saturated heterocycles. The van der Waals surface area contributed by atoms with Crippen molar-refractivity contribution in [1.82, 2.24) is 10.2 Å². The van der Waals surface area contributed by atoms with E-state index in [1.165, 1.54) is 30.4 Å². The summed E-state index contributed by atoms with van der Waals surface area (Å²) in [7, 11) is 0. The van der Waals surface area contributed by atoms with Crippen molar-refractivity contribution in [1.29, 1.82) is 0 Å². The summed E-state index contributed by atoms with van der Waals surface area (Å²) in [6.07, 6.45) is 8.54. The molecule has 0 bridgehead atoms. The average Bonchev–Trinajstić information content (AvgIpc) is 3.17. The highest BCUT2D eigenvalue weighted by Gasteiger charge is 2.25. The molecule has 0 atom stereocenters. The summed E-state index contributed by atoms with van der Waals surface area (Å²) in [5.74, 6) is 0.329. The number of aryl methyl sites for hydroxylation is 2. The predicted molar refractivity (Wildman–Crippen MR) is 115 cm³/mol. The smallest absolute Gasteiger partial charge is 0.336 e. The van der Waals surface area contributed by atoms with E-state index in [-0.39, 0.29) is 17.5 Å². The average molecular weight is 397 g/mol. The topological polar surface area (TPSA) is 62.6 Å². The van der Waals surface area contributed by atoms with Gasteiger partial charge in [0.05, 0.1) is 0 Å². The Morgan fingerprint density at radius 1 is 1.14 bits per heavy atom. The van der Waals surface area contributed by atoms with Crippen LogP contribution in [-0.4, -0.2) is 30.4 Å². The Balaban J connectivity index is 1.39. The lowest BCUT2D eigenvalue weighted by Crippen LogP contribution is -2.40. The molecule has 2 aliphatic rings. The van der Waals surface area contributed by atoms with Crippen LogP contribution in [0.1, 0.15) is 62.1 Å². The number of benzene rings is 1. The first-order valence-electron chi connectivity index (χ1n) is 11.2. The van der Waals surface area contributed by atoms with Crippen LogP contribution in [0.25, 0.3) is 11.0 Å². The van der Waals surface area contributed by atoms with Crippen molar-refractivity contribution in [2.75, 3.05) is 19.6 Å². The molecule has 4 rings (SSSR count). The minimum atomic E-state index is -0.271. The minimum absolute atomic E-state index is 0.119. The van der Waals surface area contributed by atoms with Gasteiger partial charge >= 0.3 is 5.63 Å². The molecule has 1 fully saturated rings. The summed E-state index contributed by atoms with van der Waals surface area (Å²) >= 11 is 0. The molecule has 1 aromatic carbocycles. The molecular formula is C24H32N2O3. The maximum atomic E-state index is 12.4. The molecule has 1 aromatic heterocycles. The number of nitrogens with zero attached hydrogens (tertiary/aromatic N) is 1. The van der Waals surface area contributed by atoms with Gasteiger partial charge in [-0.15, -0.1) is 0 Å². The lowest BCUT2D eigenvalue weighted by molar-refractivity contribution is -0.126. The van der Waals surface area contributed by atoms with E-state index in [2.05, 4.69) is 29.3 Å². The van der Waals surface area contributed by atoms with Gasteiger partial charge in [-0.25, -0.2) is 4.79 Å².